The molecule has 0 bridgehead atoms. The summed E-state index contributed by atoms with van der Waals surface area (Å²) in [5, 5.41) is 0. The van der Waals surface area contributed by atoms with Gasteiger partial charge < -0.3 is 10.6 Å². The molecule has 0 radical (unpaired) electrons. The summed E-state index contributed by atoms with van der Waals surface area (Å²) in [6.45, 7) is 3.36. The standard InChI is InChI=1S/C19H22N2/c1-13-4-8-18-15(11-13)3-2-10-21(18)19-9-5-14-12-16(20)6-7-17(14)19/h4,6-8,11-12,19H,2-3,5,9-10,20H2,1H3. The maximum absolute atomic E-state index is 5.93. The van der Waals surface area contributed by atoms with Gasteiger partial charge in [0.05, 0.1) is 6.04 Å². The van der Waals surface area contributed by atoms with Crippen LogP contribution in [0.1, 0.15) is 41.1 Å². The van der Waals surface area contributed by atoms with Crippen molar-refractivity contribution in [2.75, 3.05) is 17.2 Å². The van der Waals surface area contributed by atoms with Crippen LogP contribution in [0.15, 0.2) is 36.4 Å². The first-order valence-electron chi connectivity index (χ1n) is 7.97. The Morgan fingerprint density at radius 1 is 1.05 bits per heavy atom. The lowest BCUT2D eigenvalue weighted by molar-refractivity contribution is 0.577. The Bertz CT molecular complexity index is 690. The van der Waals surface area contributed by atoms with Crippen LogP contribution >= 0.6 is 0 Å². The molecule has 0 spiro atoms. The molecule has 0 fully saturated rings. The van der Waals surface area contributed by atoms with Gasteiger partial charge in [0.1, 0.15) is 0 Å². The van der Waals surface area contributed by atoms with Gasteiger partial charge in [-0.05, 0) is 67.5 Å². The topological polar surface area (TPSA) is 29.3 Å². The fourth-order valence-electron chi connectivity index (χ4n) is 4.02. The van der Waals surface area contributed by atoms with E-state index in [0.29, 0.717) is 6.04 Å². The second-order valence-corrected chi connectivity index (χ2v) is 6.44. The SMILES string of the molecule is Cc1ccc2c(c1)CCCN2C1CCc2cc(N)ccc21. The third-order valence-electron chi connectivity index (χ3n) is 4.98. The summed E-state index contributed by atoms with van der Waals surface area (Å²) >= 11 is 0. The van der Waals surface area contributed by atoms with Crippen molar-refractivity contribution in [1.29, 1.82) is 0 Å². The molecule has 1 aliphatic carbocycles. The summed E-state index contributed by atoms with van der Waals surface area (Å²) in [5.41, 5.74) is 14.1. The van der Waals surface area contributed by atoms with Crippen LogP contribution in [0.3, 0.4) is 0 Å². The van der Waals surface area contributed by atoms with E-state index in [-0.39, 0.29) is 0 Å². The van der Waals surface area contributed by atoms with Gasteiger partial charge in [-0.2, -0.15) is 0 Å². The molecule has 108 valence electrons. The third-order valence-corrected chi connectivity index (χ3v) is 4.98. The average Bonchev–Trinajstić information content (AvgIpc) is 2.89. The number of fused-ring (bicyclic) bond motifs is 2. The van der Waals surface area contributed by atoms with Crippen LogP contribution in [0.2, 0.25) is 0 Å². The molecule has 2 nitrogen and oxygen atoms in total. The quantitative estimate of drug-likeness (QED) is 0.798. The van der Waals surface area contributed by atoms with E-state index in [2.05, 4.69) is 48.2 Å². The van der Waals surface area contributed by atoms with Gasteiger partial charge in [0.25, 0.3) is 0 Å². The van der Waals surface area contributed by atoms with Crippen LogP contribution in [-0.2, 0) is 12.8 Å². The van der Waals surface area contributed by atoms with Gasteiger partial charge in [0.15, 0.2) is 0 Å². The number of nitrogens with two attached hydrogens (primary N) is 1. The molecule has 4 rings (SSSR count). The fourth-order valence-corrected chi connectivity index (χ4v) is 4.02. The van der Waals surface area contributed by atoms with Crippen LogP contribution in [0.4, 0.5) is 11.4 Å². The van der Waals surface area contributed by atoms with Gasteiger partial charge in [-0.25, -0.2) is 0 Å². The minimum Gasteiger partial charge on any atom is -0.399 e. The smallest absolute Gasteiger partial charge is 0.0548 e. The minimum atomic E-state index is 0.530. The number of benzene rings is 2. The third kappa shape index (κ3) is 2.10. The van der Waals surface area contributed by atoms with Crippen LogP contribution < -0.4 is 10.6 Å². The van der Waals surface area contributed by atoms with Crippen LogP contribution in [0, 0.1) is 6.92 Å². The number of nitrogen functional groups attached to an aromatic ring is 1. The number of rotatable bonds is 1. The number of nitrogens with zero attached hydrogens (tertiary/aromatic N) is 1. The Kier molecular flexibility index (Phi) is 2.91. The highest BCUT2D eigenvalue weighted by atomic mass is 15.2. The van der Waals surface area contributed by atoms with Gasteiger partial charge in [0.2, 0.25) is 0 Å². The lowest BCUT2D eigenvalue weighted by Crippen LogP contribution is -2.32. The summed E-state index contributed by atoms with van der Waals surface area (Å²) in [5.74, 6) is 0. The monoisotopic (exact) mass is 278 g/mol. The first-order valence-corrected chi connectivity index (χ1v) is 7.97. The summed E-state index contributed by atoms with van der Waals surface area (Å²) in [6.07, 6.45) is 4.85. The Hall–Kier alpha value is -1.96. The van der Waals surface area contributed by atoms with E-state index in [1.165, 1.54) is 53.7 Å². The largest absolute Gasteiger partial charge is 0.399 e. The summed E-state index contributed by atoms with van der Waals surface area (Å²) in [7, 11) is 0. The molecule has 0 aromatic heterocycles. The zero-order chi connectivity index (χ0) is 14.4. The number of hydrogen-bond acceptors (Lipinski definition) is 2. The second-order valence-electron chi connectivity index (χ2n) is 6.44. The van der Waals surface area contributed by atoms with Crippen molar-refractivity contribution >= 4 is 11.4 Å². The van der Waals surface area contributed by atoms with Crippen molar-refractivity contribution in [3.05, 3.63) is 58.7 Å². The van der Waals surface area contributed by atoms with Gasteiger partial charge in [-0.3, -0.25) is 0 Å². The maximum Gasteiger partial charge on any atom is 0.0548 e. The zero-order valence-electron chi connectivity index (χ0n) is 12.6. The predicted octanol–water partition coefficient (Wildman–Crippen LogP) is 4.02. The second kappa shape index (κ2) is 4.80. The molecule has 2 heteroatoms. The molecule has 2 aliphatic rings. The van der Waals surface area contributed by atoms with E-state index in [0.717, 1.165) is 12.1 Å². The number of aryl methyl sites for hydroxylation is 3. The number of hydrogen-bond donors (Lipinski definition) is 1. The summed E-state index contributed by atoms with van der Waals surface area (Å²) in [6, 6.07) is 13.9. The Morgan fingerprint density at radius 2 is 1.95 bits per heavy atom. The van der Waals surface area contributed by atoms with Crippen LogP contribution in [-0.4, -0.2) is 6.54 Å². The lowest BCUT2D eigenvalue weighted by Gasteiger charge is -2.37. The Labute approximate surface area is 126 Å². The first kappa shape index (κ1) is 12.8. The van der Waals surface area contributed by atoms with Crippen LogP contribution in [0.5, 0.6) is 0 Å². The molecule has 1 unspecified atom stereocenters. The summed E-state index contributed by atoms with van der Waals surface area (Å²) < 4.78 is 0. The molecule has 2 aromatic rings. The van der Waals surface area contributed by atoms with Crippen molar-refractivity contribution in [2.24, 2.45) is 0 Å². The maximum atomic E-state index is 5.93. The molecule has 0 saturated carbocycles. The highest BCUT2D eigenvalue weighted by molar-refractivity contribution is 5.60. The molecule has 0 amide bonds. The highest BCUT2D eigenvalue weighted by Gasteiger charge is 2.30. The molecule has 2 N–H and O–H groups in total. The van der Waals surface area contributed by atoms with Crippen molar-refractivity contribution in [2.45, 2.75) is 38.6 Å². The Morgan fingerprint density at radius 3 is 2.86 bits per heavy atom. The van der Waals surface area contributed by atoms with Crippen molar-refractivity contribution in [3.8, 4) is 0 Å². The Balaban J connectivity index is 1.74. The molecule has 1 aliphatic heterocycles. The molecule has 1 heterocycles. The van der Waals surface area contributed by atoms with E-state index in [9.17, 15) is 0 Å². The molecule has 0 saturated heterocycles. The zero-order valence-corrected chi connectivity index (χ0v) is 12.6. The first-order chi connectivity index (χ1) is 10.2. The van der Waals surface area contributed by atoms with Gasteiger partial charge >= 0.3 is 0 Å². The molecule has 2 aromatic carbocycles. The normalized spacial score (nSPS) is 20.2. The molecule has 21 heavy (non-hydrogen) atoms. The van der Waals surface area contributed by atoms with E-state index in [1.807, 2.05) is 0 Å². The van der Waals surface area contributed by atoms with Gasteiger partial charge in [-0.15, -0.1) is 0 Å². The fraction of sp³-hybridized carbons (Fsp3) is 0.368. The molecular formula is C19H22N2. The lowest BCUT2D eigenvalue weighted by atomic mass is 9.96. The van der Waals surface area contributed by atoms with Gasteiger partial charge in [-0.1, -0.05) is 23.8 Å². The summed E-state index contributed by atoms with van der Waals surface area (Å²) in [4.78, 5) is 2.63. The molecular weight excluding hydrogens is 256 g/mol. The highest BCUT2D eigenvalue weighted by Crippen LogP contribution is 2.42. The van der Waals surface area contributed by atoms with Crippen LogP contribution in [0.25, 0.3) is 0 Å². The van der Waals surface area contributed by atoms with Crippen molar-refractivity contribution < 1.29 is 0 Å². The predicted molar refractivity (Wildman–Crippen MR) is 88.8 cm³/mol. The van der Waals surface area contributed by atoms with E-state index in [4.69, 9.17) is 5.73 Å². The number of anilines is 2. The van der Waals surface area contributed by atoms with Crippen molar-refractivity contribution in [3.63, 3.8) is 0 Å². The molecule has 1 atom stereocenters. The van der Waals surface area contributed by atoms with E-state index < -0.39 is 0 Å². The minimum absolute atomic E-state index is 0.530. The van der Waals surface area contributed by atoms with E-state index in [1.54, 1.807) is 0 Å². The van der Waals surface area contributed by atoms with Gasteiger partial charge in [0, 0.05) is 17.9 Å². The van der Waals surface area contributed by atoms with Crippen molar-refractivity contribution in [1.82, 2.24) is 0 Å². The average molecular weight is 278 g/mol. The van der Waals surface area contributed by atoms with E-state index >= 15 is 0 Å².